The fraction of sp³-hybridized carbons (Fsp3) is 0.286. The van der Waals surface area contributed by atoms with E-state index < -0.39 is 0 Å². The molecule has 0 aromatic heterocycles. The monoisotopic (exact) mass is 371 g/mol. The van der Waals surface area contributed by atoms with Crippen LogP contribution in [0.25, 0.3) is 11.6 Å². The van der Waals surface area contributed by atoms with E-state index in [9.17, 15) is 9.18 Å². The van der Waals surface area contributed by atoms with Gasteiger partial charge in [0.15, 0.2) is 11.5 Å². The number of hydrogen-bond acceptors (Lipinski definition) is 4. The van der Waals surface area contributed by atoms with Crippen molar-refractivity contribution in [3.8, 4) is 11.5 Å². The molecule has 1 amide bonds. The Morgan fingerprint density at radius 3 is 2.33 bits per heavy atom. The molecule has 27 heavy (non-hydrogen) atoms. The van der Waals surface area contributed by atoms with Gasteiger partial charge >= 0.3 is 0 Å². The summed E-state index contributed by atoms with van der Waals surface area (Å²) in [5.74, 6) is 0.726. The number of methoxy groups -OCH3 is 2. The first-order valence-corrected chi connectivity index (χ1v) is 8.69. The maximum Gasteiger partial charge on any atom is 0.254 e. The van der Waals surface area contributed by atoms with Crippen LogP contribution in [0.5, 0.6) is 11.5 Å². The first-order valence-electron chi connectivity index (χ1n) is 8.69. The first-order chi connectivity index (χ1) is 13.1. The number of rotatable bonds is 5. The van der Waals surface area contributed by atoms with E-state index in [1.165, 1.54) is 12.1 Å². The van der Waals surface area contributed by atoms with E-state index in [1.807, 2.05) is 6.07 Å². The molecule has 1 saturated heterocycles. The van der Waals surface area contributed by atoms with Crippen molar-refractivity contribution >= 4 is 17.6 Å². The highest BCUT2D eigenvalue weighted by Crippen LogP contribution is 2.30. The summed E-state index contributed by atoms with van der Waals surface area (Å²) >= 11 is 0. The van der Waals surface area contributed by atoms with Crippen molar-refractivity contribution in [2.75, 3.05) is 40.5 Å². The van der Waals surface area contributed by atoms with E-state index in [1.54, 1.807) is 49.5 Å². The number of halogens is 1. The number of carbonyl (C=O) groups is 1. The van der Waals surface area contributed by atoms with E-state index in [2.05, 4.69) is 0 Å². The number of nitrogens with zero attached hydrogens (tertiary/aromatic N) is 1. The molecule has 0 spiro atoms. The van der Waals surface area contributed by atoms with E-state index in [0.717, 1.165) is 5.56 Å². The van der Waals surface area contributed by atoms with Gasteiger partial charge in [-0.2, -0.15) is 0 Å². The van der Waals surface area contributed by atoms with Crippen LogP contribution in [-0.2, 0) is 9.53 Å². The first kappa shape index (κ1) is 18.9. The molecule has 0 N–H and O–H groups in total. The molecular formula is C21H22FNO4. The van der Waals surface area contributed by atoms with Crippen LogP contribution < -0.4 is 9.47 Å². The zero-order chi connectivity index (χ0) is 19.2. The van der Waals surface area contributed by atoms with Gasteiger partial charge in [-0.15, -0.1) is 0 Å². The van der Waals surface area contributed by atoms with Gasteiger partial charge in [-0.25, -0.2) is 4.39 Å². The number of hydrogen-bond donors (Lipinski definition) is 0. The Labute approximate surface area is 158 Å². The average molecular weight is 371 g/mol. The highest BCUT2D eigenvalue weighted by Gasteiger charge is 2.22. The third-order valence-electron chi connectivity index (χ3n) is 4.40. The van der Waals surface area contributed by atoms with Crippen LogP contribution in [0.15, 0.2) is 42.5 Å². The largest absolute Gasteiger partial charge is 0.493 e. The summed E-state index contributed by atoms with van der Waals surface area (Å²) in [6.07, 6.45) is 1.78. The van der Waals surface area contributed by atoms with Crippen molar-refractivity contribution in [2.24, 2.45) is 0 Å². The maximum atomic E-state index is 13.4. The summed E-state index contributed by atoms with van der Waals surface area (Å²) in [7, 11) is 3.13. The molecule has 1 aliphatic rings. The number of carbonyl (C=O) groups excluding carboxylic acids is 1. The number of benzene rings is 2. The molecule has 1 heterocycles. The molecule has 5 nitrogen and oxygen atoms in total. The number of amides is 1. The highest BCUT2D eigenvalue weighted by atomic mass is 19.1. The van der Waals surface area contributed by atoms with Gasteiger partial charge < -0.3 is 19.1 Å². The van der Waals surface area contributed by atoms with Crippen molar-refractivity contribution in [1.29, 1.82) is 0 Å². The molecule has 2 aromatic carbocycles. The summed E-state index contributed by atoms with van der Waals surface area (Å²) in [6, 6.07) is 11.4. The lowest BCUT2D eigenvalue weighted by atomic mass is 10.0. The fourth-order valence-corrected chi connectivity index (χ4v) is 2.94. The quantitative estimate of drug-likeness (QED) is 0.598. The van der Waals surface area contributed by atoms with Crippen molar-refractivity contribution in [2.45, 2.75) is 0 Å². The van der Waals surface area contributed by atoms with Gasteiger partial charge in [0, 0.05) is 18.7 Å². The fourth-order valence-electron chi connectivity index (χ4n) is 2.94. The average Bonchev–Trinajstić information content (AvgIpc) is 2.72. The molecule has 0 aliphatic carbocycles. The van der Waals surface area contributed by atoms with Gasteiger partial charge in [0.1, 0.15) is 5.82 Å². The van der Waals surface area contributed by atoms with Crippen LogP contribution in [0.1, 0.15) is 11.1 Å². The summed E-state index contributed by atoms with van der Waals surface area (Å²) < 4.78 is 29.3. The smallest absolute Gasteiger partial charge is 0.254 e. The van der Waals surface area contributed by atoms with Crippen molar-refractivity contribution in [1.82, 2.24) is 4.90 Å². The van der Waals surface area contributed by atoms with E-state index in [-0.39, 0.29) is 11.7 Å². The third-order valence-corrected chi connectivity index (χ3v) is 4.40. The second-order valence-electron chi connectivity index (χ2n) is 6.08. The Hall–Kier alpha value is -2.86. The van der Waals surface area contributed by atoms with Crippen LogP contribution in [0.3, 0.4) is 0 Å². The van der Waals surface area contributed by atoms with Crippen LogP contribution in [0, 0.1) is 5.82 Å². The summed E-state index contributed by atoms with van der Waals surface area (Å²) in [4.78, 5) is 14.9. The summed E-state index contributed by atoms with van der Waals surface area (Å²) in [5, 5.41) is 0. The molecule has 0 saturated carbocycles. The van der Waals surface area contributed by atoms with Crippen molar-refractivity contribution in [3.63, 3.8) is 0 Å². The molecule has 0 unspecified atom stereocenters. The molecular weight excluding hydrogens is 349 g/mol. The van der Waals surface area contributed by atoms with E-state index in [4.69, 9.17) is 14.2 Å². The van der Waals surface area contributed by atoms with Gasteiger partial charge in [-0.05, 0) is 41.5 Å². The standard InChI is InChI=1S/C21H22FNO4/c1-25-19-8-3-15(14-20(19)26-2)13-18(16-4-6-17(22)7-5-16)21(24)23-9-11-27-12-10-23/h3-8,13-14H,9-12H2,1-2H3. The van der Waals surface area contributed by atoms with Gasteiger partial charge in [-0.3, -0.25) is 4.79 Å². The second kappa shape index (κ2) is 8.68. The van der Waals surface area contributed by atoms with Crippen LogP contribution >= 0.6 is 0 Å². The number of morpholine rings is 1. The molecule has 0 bridgehead atoms. The highest BCUT2D eigenvalue weighted by molar-refractivity contribution is 6.24. The Kier molecular flexibility index (Phi) is 6.08. The number of ether oxygens (including phenoxy) is 3. The van der Waals surface area contributed by atoms with E-state index in [0.29, 0.717) is 48.9 Å². The summed E-state index contributed by atoms with van der Waals surface area (Å²) in [6.45, 7) is 2.09. The molecule has 6 heteroatoms. The Balaban J connectivity index is 2.01. The Morgan fingerprint density at radius 1 is 1.04 bits per heavy atom. The van der Waals surface area contributed by atoms with Crippen molar-refractivity contribution < 1.29 is 23.4 Å². The third kappa shape index (κ3) is 4.46. The van der Waals surface area contributed by atoms with Crippen LogP contribution in [-0.4, -0.2) is 51.3 Å². The zero-order valence-corrected chi connectivity index (χ0v) is 15.4. The molecule has 142 valence electrons. The van der Waals surface area contributed by atoms with Crippen LogP contribution in [0.2, 0.25) is 0 Å². The minimum atomic E-state index is -0.344. The SMILES string of the molecule is COc1ccc(C=C(C(=O)N2CCOCC2)c2ccc(F)cc2)cc1OC. The lowest BCUT2D eigenvalue weighted by Gasteiger charge is -2.28. The molecule has 2 aromatic rings. The Bertz CT molecular complexity index is 827. The molecule has 1 fully saturated rings. The van der Waals surface area contributed by atoms with Crippen molar-refractivity contribution in [3.05, 3.63) is 59.4 Å². The van der Waals surface area contributed by atoms with Gasteiger partial charge in [0.25, 0.3) is 5.91 Å². The van der Waals surface area contributed by atoms with E-state index >= 15 is 0 Å². The lowest BCUT2D eigenvalue weighted by Crippen LogP contribution is -2.41. The van der Waals surface area contributed by atoms with Gasteiger partial charge in [-0.1, -0.05) is 18.2 Å². The van der Waals surface area contributed by atoms with Gasteiger partial charge in [0.05, 0.1) is 27.4 Å². The molecule has 0 atom stereocenters. The normalized spacial score (nSPS) is 14.8. The Morgan fingerprint density at radius 2 is 1.70 bits per heavy atom. The molecule has 0 radical (unpaired) electrons. The van der Waals surface area contributed by atoms with Crippen LogP contribution in [0.4, 0.5) is 4.39 Å². The molecule has 3 rings (SSSR count). The summed E-state index contributed by atoms with van der Waals surface area (Å²) in [5.41, 5.74) is 1.93. The predicted octanol–water partition coefficient (Wildman–Crippen LogP) is 3.24. The second-order valence-corrected chi connectivity index (χ2v) is 6.08. The lowest BCUT2D eigenvalue weighted by molar-refractivity contribution is -0.128. The maximum absolute atomic E-state index is 13.4. The topological polar surface area (TPSA) is 48.0 Å². The van der Waals surface area contributed by atoms with Gasteiger partial charge in [0.2, 0.25) is 0 Å². The minimum Gasteiger partial charge on any atom is -0.493 e. The minimum absolute atomic E-state index is 0.111. The zero-order valence-electron chi connectivity index (χ0n) is 15.4. The molecule has 1 aliphatic heterocycles. The predicted molar refractivity (Wildman–Crippen MR) is 101 cm³/mol.